The monoisotopic (exact) mass is 251 g/mol. The van der Waals surface area contributed by atoms with Gasteiger partial charge in [0.25, 0.3) is 0 Å². The lowest BCUT2D eigenvalue weighted by Crippen LogP contribution is -2.26. The molecule has 4 heteroatoms. The maximum absolute atomic E-state index is 9.75. The van der Waals surface area contributed by atoms with Gasteiger partial charge >= 0.3 is 0 Å². The molecule has 1 atom stereocenters. The van der Waals surface area contributed by atoms with Gasteiger partial charge in [-0.15, -0.1) is 0 Å². The molecule has 1 unspecified atom stereocenters. The minimum Gasteiger partial charge on any atom is -0.491 e. The highest BCUT2D eigenvalue weighted by Gasteiger charge is 2.17. The zero-order valence-corrected chi connectivity index (χ0v) is 10.5. The topological polar surface area (TPSA) is 64.7 Å². The van der Waals surface area contributed by atoms with E-state index in [2.05, 4.69) is 0 Å². The number of aliphatic hydroxyl groups excluding tert-OH is 1. The first kappa shape index (κ1) is 13.2. The van der Waals surface area contributed by atoms with Crippen LogP contribution in [0.4, 0.5) is 5.69 Å². The van der Waals surface area contributed by atoms with Gasteiger partial charge < -0.3 is 20.3 Å². The molecule has 100 valence electrons. The summed E-state index contributed by atoms with van der Waals surface area (Å²) < 4.78 is 11.1. The molecule has 1 aliphatic carbocycles. The third-order valence-corrected chi connectivity index (χ3v) is 3.15. The molecule has 1 saturated carbocycles. The lowest BCUT2D eigenvalue weighted by atomic mass is 10.3. The van der Waals surface area contributed by atoms with E-state index in [4.69, 9.17) is 15.2 Å². The molecule has 1 aromatic carbocycles. The van der Waals surface area contributed by atoms with Crippen LogP contribution >= 0.6 is 0 Å². The van der Waals surface area contributed by atoms with Crippen molar-refractivity contribution in [3.05, 3.63) is 24.3 Å². The maximum atomic E-state index is 9.75. The Morgan fingerprint density at radius 1 is 1.17 bits per heavy atom. The molecule has 1 aliphatic rings. The normalized spacial score (nSPS) is 17.8. The van der Waals surface area contributed by atoms with Gasteiger partial charge in [-0.05, 0) is 37.1 Å². The summed E-state index contributed by atoms with van der Waals surface area (Å²) in [7, 11) is 0. The second-order valence-corrected chi connectivity index (χ2v) is 4.77. The first-order valence-corrected chi connectivity index (χ1v) is 6.52. The molecule has 3 N–H and O–H groups in total. The Hall–Kier alpha value is -1.26. The smallest absolute Gasteiger partial charge is 0.119 e. The number of hydrogen-bond acceptors (Lipinski definition) is 4. The largest absolute Gasteiger partial charge is 0.491 e. The Morgan fingerprint density at radius 2 is 1.83 bits per heavy atom. The van der Waals surface area contributed by atoms with Crippen LogP contribution in [0.5, 0.6) is 5.75 Å². The molecule has 0 bridgehead atoms. The second kappa shape index (κ2) is 6.61. The predicted molar refractivity (Wildman–Crippen MR) is 70.6 cm³/mol. The lowest BCUT2D eigenvalue weighted by molar-refractivity contribution is -0.0218. The summed E-state index contributed by atoms with van der Waals surface area (Å²) in [6, 6.07) is 7.13. The molecule has 4 nitrogen and oxygen atoms in total. The third-order valence-electron chi connectivity index (χ3n) is 3.15. The van der Waals surface area contributed by atoms with Gasteiger partial charge in [-0.2, -0.15) is 0 Å². The standard InChI is InChI=1S/C14H21NO3/c15-11-5-7-14(8-6-11)18-10-12(16)9-17-13-3-1-2-4-13/h5-8,12-13,16H,1-4,9-10,15H2. The highest BCUT2D eigenvalue weighted by atomic mass is 16.5. The SMILES string of the molecule is Nc1ccc(OCC(O)COC2CCCC2)cc1. The first-order valence-electron chi connectivity index (χ1n) is 6.52. The van der Waals surface area contributed by atoms with Crippen molar-refractivity contribution < 1.29 is 14.6 Å². The van der Waals surface area contributed by atoms with Crippen molar-refractivity contribution in [2.75, 3.05) is 18.9 Å². The van der Waals surface area contributed by atoms with Gasteiger partial charge in [0.05, 0.1) is 12.7 Å². The second-order valence-electron chi connectivity index (χ2n) is 4.77. The molecule has 0 heterocycles. The van der Waals surface area contributed by atoms with E-state index < -0.39 is 6.10 Å². The lowest BCUT2D eigenvalue weighted by Gasteiger charge is -2.16. The van der Waals surface area contributed by atoms with Crippen molar-refractivity contribution in [2.45, 2.75) is 37.9 Å². The number of rotatable bonds is 6. The van der Waals surface area contributed by atoms with Crippen molar-refractivity contribution in [3.8, 4) is 5.75 Å². The fourth-order valence-corrected chi connectivity index (χ4v) is 2.11. The van der Waals surface area contributed by atoms with Crippen LogP contribution in [0.1, 0.15) is 25.7 Å². The number of nitrogen functional groups attached to an aromatic ring is 1. The Morgan fingerprint density at radius 3 is 2.50 bits per heavy atom. The van der Waals surface area contributed by atoms with E-state index in [1.165, 1.54) is 12.8 Å². The Balaban J connectivity index is 1.64. The molecule has 1 fully saturated rings. The first-order chi connectivity index (χ1) is 8.74. The highest BCUT2D eigenvalue weighted by Crippen LogP contribution is 2.21. The van der Waals surface area contributed by atoms with Gasteiger partial charge in [0.15, 0.2) is 0 Å². The van der Waals surface area contributed by atoms with Crippen molar-refractivity contribution in [1.29, 1.82) is 0 Å². The van der Waals surface area contributed by atoms with Crippen molar-refractivity contribution in [2.24, 2.45) is 0 Å². The van der Waals surface area contributed by atoms with Crippen LogP contribution in [-0.4, -0.2) is 30.5 Å². The predicted octanol–water partition coefficient (Wildman–Crippen LogP) is 1.97. The summed E-state index contributed by atoms with van der Waals surface area (Å²) in [4.78, 5) is 0. The number of aliphatic hydroxyl groups is 1. The number of anilines is 1. The van der Waals surface area contributed by atoms with Crippen molar-refractivity contribution >= 4 is 5.69 Å². The van der Waals surface area contributed by atoms with E-state index in [9.17, 15) is 5.11 Å². The van der Waals surface area contributed by atoms with Crippen LogP contribution in [-0.2, 0) is 4.74 Å². The van der Waals surface area contributed by atoms with Gasteiger partial charge in [0.1, 0.15) is 18.5 Å². The number of benzene rings is 1. The summed E-state index contributed by atoms with van der Waals surface area (Å²) in [5.41, 5.74) is 6.28. The van der Waals surface area contributed by atoms with Gasteiger partial charge in [0.2, 0.25) is 0 Å². The van der Waals surface area contributed by atoms with Gasteiger partial charge in [-0.25, -0.2) is 0 Å². The van der Waals surface area contributed by atoms with Crippen LogP contribution in [0.2, 0.25) is 0 Å². The molecular weight excluding hydrogens is 230 g/mol. The van der Waals surface area contributed by atoms with E-state index in [0.717, 1.165) is 12.8 Å². The summed E-state index contributed by atoms with van der Waals surface area (Å²) in [5, 5.41) is 9.75. The van der Waals surface area contributed by atoms with Crippen LogP contribution in [0.25, 0.3) is 0 Å². The average molecular weight is 251 g/mol. The zero-order chi connectivity index (χ0) is 12.8. The molecule has 0 amide bonds. The molecule has 1 aromatic rings. The zero-order valence-electron chi connectivity index (χ0n) is 10.5. The van der Waals surface area contributed by atoms with Crippen molar-refractivity contribution in [3.63, 3.8) is 0 Å². The van der Waals surface area contributed by atoms with Crippen LogP contribution in [0, 0.1) is 0 Å². The molecular formula is C14H21NO3. The van der Waals surface area contributed by atoms with Gasteiger partial charge in [-0.1, -0.05) is 12.8 Å². The van der Waals surface area contributed by atoms with E-state index in [0.29, 0.717) is 24.1 Å². The minimum absolute atomic E-state index is 0.247. The van der Waals surface area contributed by atoms with E-state index >= 15 is 0 Å². The number of nitrogens with two attached hydrogens (primary N) is 1. The minimum atomic E-state index is -0.580. The Bertz CT molecular complexity index is 347. The molecule has 0 aliphatic heterocycles. The molecule has 2 rings (SSSR count). The van der Waals surface area contributed by atoms with Crippen LogP contribution < -0.4 is 10.5 Å². The van der Waals surface area contributed by atoms with Gasteiger partial charge in [0, 0.05) is 5.69 Å². The van der Waals surface area contributed by atoms with E-state index in [1.807, 2.05) is 0 Å². The summed E-state index contributed by atoms with van der Waals surface area (Å²) >= 11 is 0. The molecule has 18 heavy (non-hydrogen) atoms. The maximum Gasteiger partial charge on any atom is 0.119 e. The quantitative estimate of drug-likeness (QED) is 0.759. The summed E-state index contributed by atoms with van der Waals surface area (Å²) in [6.07, 6.45) is 4.46. The summed E-state index contributed by atoms with van der Waals surface area (Å²) in [5.74, 6) is 0.712. The number of ether oxygens (including phenoxy) is 2. The van der Waals surface area contributed by atoms with E-state index in [-0.39, 0.29) is 6.61 Å². The van der Waals surface area contributed by atoms with Gasteiger partial charge in [-0.3, -0.25) is 0 Å². The highest BCUT2D eigenvalue weighted by molar-refractivity contribution is 5.41. The molecule has 0 aromatic heterocycles. The fraction of sp³-hybridized carbons (Fsp3) is 0.571. The molecule has 0 spiro atoms. The Labute approximate surface area is 108 Å². The van der Waals surface area contributed by atoms with Crippen molar-refractivity contribution in [1.82, 2.24) is 0 Å². The molecule has 0 saturated heterocycles. The average Bonchev–Trinajstić information content (AvgIpc) is 2.89. The number of hydrogen-bond donors (Lipinski definition) is 2. The Kier molecular flexibility index (Phi) is 4.84. The molecule has 0 radical (unpaired) electrons. The van der Waals surface area contributed by atoms with Crippen LogP contribution in [0.15, 0.2) is 24.3 Å². The van der Waals surface area contributed by atoms with Crippen LogP contribution in [0.3, 0.4) is 0 Å². The summed E-state index contributed by atoms with van der Waals surface area (Å²) in [6.45, 7) is 0.594. The third kappa shape index (κ3) is 4.20. The fourth-order valence-electron chi connectivity index (χ4n) is 2.11. The van der Waals surface area contributed by atoms with E-state index in [1.54, 1.807) is 24.3 Å².